The maximum absolute atomic E-state index is 4.40. The Labute approximate surface area is 88.7 Å². The van der Waals surface area contributed by atoms with Gasteiger partial charge in [-0.3, -0.25) is 4.98 Å². The standard InChI is InChI=1S/C11H16BrN/c1-4-10(9(3)12)11-7-8(2)5-6-13-11/h5-7,9-10H,4H2,1-3H3. The fraction of sp³-hybridized carbons (Fsp3) is 0.545. The summed E-state index contributed by atoms with van der Waals surface area (Å²) >= 11 is 3.62. The molecule has 0 fully saturated rings. The van der Waals surface area contributed by atoms with E-state index in [0.717, 1.165) is 6.42 Å². The van der Waals surface area contributed by atoms with Crippen molar-refractivity contribution in [2.24, 2.45) is 0 Å². The maximum atomic E-state index is 4.40. The van der Waals surface area contributed by atoms with Crippen LogP contribution in [0.1, 0.15) is 37.4 Å². The first kappa shape index (κ1) is 10.7. The molecule has 1 rings (SSSR count). The molecule has 0 N–H and O–H groups in total. The lowest BCUT2D eigenvalue weighted by Crippen LogP contribution is -2.09. The van der Waals surface area contributed by atoms with Crippen LogP contribution in [0.2, 0.25) is 0 Å². The smallest absolute Gasteiger partial charge is 0.0448 e. The fourth-order valence-electron chi connectivity index (χ4n) is 1.53. The minimum atomic E-state index is 0.492. The monoisotopic (exact) mass is 241 g/mol. The molecular formula is C11H16BrN. The molecule has 0 aliphatic carbocycles. The van der Waals surface area contributed by atoms with Gasteiger partial charge in [0.1, 0.15) is 0 Å². The summed E-state index contributed by atoms with van der Waals surface area (Å²) in [6.45, 7) is 6.49. The molecule has 0 spiro atoms. The Balaban J connectivity index is 2.91. The molecule has 1 aromatic rings. The molecule has 1 heterocycles. The summed E-state index contributed by atoms with van der Waals surface area (Å²) in [4.78, 5) is 4.89. The van der Waals surface area contributed by atoms with E-state index in [2.05, 4.69) is 47.8 Å². The van der Waals surface area contributed by atoms with E-state index in [1.54, 1.807) is 0 Å². The average molecular weight is 242 g/mol. The van der Waals surface area contributed by atoms with Gasteiger partial charge in [0, 0.05) is 22.6 Å². The normalized spacial score (nSPS) is 15.4. The molecule has 2 unspecified atom stereocenters. The number of aryl methyl sites for hydroxylation is 1. The van der Waals surface area contributed by atoms with E-state index < -0.39 is 0 Å². The van der Waals surface area contributed by atoms with Crippen molar-refractivity contribution >= 4 is 15.9 Å². The molecule has 0 radical (unpaired) electrons. The summed E-state index contributed by atoms with van der Waals surface area (Å²) < 4.78 is 0. The van der Waals surface area contributed by atoms with Crippen LogP contribution in [-0.2, 0) is 0 Å². The molecule has 2 atom stereocenters. The second-order valence-corrected chi connectivity index (χ2v) is 4.89. The predicted octanol–water partition coefficient (Wildman–Crippen LogP) is 3.67. The van der Waals surface area contributed by atoms with Crippen LogP contribution in [0.4, 0.5) is 0 Å². The van der Waals surface area contributed by atoms with Crippen molar-refractivity contribution in [2.75, 3.05) is 0 Å². The molecule has 72 valence electrons. The van der Waals surface area contributed by atoms with Crippen LogP contribution in [0.25, 0.3) is 0 Å². The lowest BCUT2D eigenvalue weighted by Gasteiger charge is -2.17. The summed E-state index contributed by atoms with van der Waals surface area (Å²) in [7, 11) is 0. The van der Waals surface area contributed by atoms with E-state index in [0.29, 0.717) is 10.7 Å². The Bertz CT molecular complexity index is 271. The maximum Gasteiger partial charge on any atom is 0.0448 e. The number of aromatic nitrogens is 1. The minimum absolute atomic E-state index is 0.492. The quantitative estimate of drug-likeness (QED) is 0.737. The van der Waals surface area contributed by atoms with Crippen molar-refractivity contribution in [3.05, 3.63) is 29.6 Å². The number of pyridine rings is 1. The zero-order valence-corrected chi connectivity index (χ0v) is 10.0. The molecule has 2 heteroatoms. The van der Waals surface area contributed by atoms with Crippen molar-refractivity contribution in [3.8, 4) is 0 Å². The van der Waals surface area contributed by atoms with Crippen LogP contribution in [0.5, 0.6) is 0 Å². The highest BCUT2D eigenvalue weighted by Crippen LogP contribution is 2.26. The van der Waals surface area contributed by atoms with Crippen molar-refractivity contribution in [2.45, 2.75) is 37.9 Å². The molecule has 1 nitrogen and oxygen atoms in total. The molecule has 0 saturated heterocycles. The van der Waals surface area contributed by atoms with Crippen LogP contribution in [0, 0.1) is 6.92 Å². The summed E-state index contributed by atoms with van der Waals surface area (Å²) in [6, 6.07) is 4.21. The van der Waals surface area contributed by atoms with E-state index in [9.17, 15) is 0 Å². The highest BCUT2D eigenvalue weighted by atomic mass is 79.9. The van der Waals surface area contributed by atoms with Gasteiger partial charge in [0.05, 0.1) is 0 Å². The Morgan fingerprint density at radius 1 is 1.54 bits per heavy atom. The summed E-state index contributed by atoms with van der Waals surface area (Å²) in [5.74, 6) is 0.528. The van der Waals surface area contributed by atoms with Crippen LogP contribution >= 0.6 is 15.9 Å². The molecule has 0 aliphatic heterocycles. The number of nitrogens with zero attached hydrogens (tertiary/aromatic N) is 1. The van der Waals surface area contributed by atoms with Crippen LogP contribution in [-0.4, -0.2) is 9.81 Å². The number of halogens is 1. The van der Waals surface area contributed by atoms with Gasteiger partial charge in [-0.15, -0.1) is 0 Å². The largest absolute Gasteiger partial charge is 0.261 e. The van der Waals surface area contributed by atoms with Crippen molar-refractivity contribution in [3.63, 3.8) is 0 Å². The van der Waals surface area contributed by atoms with E-state index in [1.165, 1.54) is 11.3 Å². The van der Waals surface area contributed by atoms with Gasteiger partial charge in [0.15, 0.2) is 0 Å². The molecule has 0 amide bonds. The van der Waals surface area contributed by atoms with Crippen LogP contribution < -0.4 is 0 Å². The van der Waals surface area contributed by atoms with Crippen LogP contribution in [0.15, 0.2) is 18.3 Å². The fourth-order valence-corrected chi connectivity index (χ4v) is 2.18. The van der Waals surface area contributed by atoms with Crippen LogP contribution in [0.3, 0.4) is 0 Å². The third kappa shape index (κ3) is 2.80. The van der Waals surface area contributed by atoms with E-state index in [1.807, 2.05) is 12.3 Å². The number of hydrogen-bond donors (Lipinski definition) is 0. The van der Waals surface area contributed by atoms with Crippen molar-refractivity contribution < 1.29 is 0 Å². The minimum Gasteiger partial charge on any atom is -0.261 e. The van der Waals surface area contributed by atoms with E-state index in [4.69, 9.17) is 0 Å². The number of alkyl halides is 1. The Morgan fingerprint density at radius 2 is 2.23 bits per heavy atom. The van der Waals surface area contributed by atoms with Gasteiger partial charge in [0.2, 0.25) is 0 Å². The third-order valence-electron chi connectivity index (χ3n) is 2.31. The predicted molar refractivity (Wildman–Crippen MR) is 60.4 cm³/mol. The molecule has 0 bridgehead atoms. The molecule has 1 aromatic heterocycles. The van der Waals surface area contributed by atoms with Gasteiger partial charge in [-0.2, -0.15) is 0 Å². The zero-order valence-electron chi connectivity index (χ0n) is 8.42. The Morgan fingerprint density at radius 3 is 2.69 bits per heavy atom. The van der Waals surface area contributed by atoms with Gasteiger partial charge in [-0.25, -0.2) is 0 Å². The lowest BCUT2D eigenvalue weighted by molar-refractivity contribution is 0.643. The Kier molecular flexibility index (Phi) is 3.91. The number of rotatable bonds is 3. The second-order valence-electron chi connectivity index (χ2n) is 3.45. The number of hydrogen-bond acceptors (Lipinski definition) is 1. The summed E-state index contributed by atoms with van der Waals surface area (Å²) in [5, 5.41) is 0. The third-order valence-corrected chi connectivity index (χ3v) is 2.95. The summed E-state index contributed by atoms with van der Waals surface area (Å²) in [6.07, 6.45) is 3.02. The summed E-state index contributed by atoms with van der Waals surface area (Å²) in [5.41, 5.74) is 2.49. The van der Waals surface area contributed by atoms with Gasteiger partial charge in [-0.05, 0) is 31.0 Å². The topological polar surface area (TPSA) is 12.9 Å². The highest BCUT2D eigenvalue weighted by molar-refractivity contribution is 9.09. The first-order valence-corrected chi connectivity index (χ1v) is 5.63. The molecule has 0 aromatic carbocycles. The molecule has 13 heavy (non-hydrogen) atoms. The van der Waals surface area contributed by atoms with Crippen molar-refractivity contribution in [1.29, 1.82) is 0 Å². The van der Waals surface area contributed by atoms with Gasteiger partial charge < -0.3 is 0 Å². The molecule has 0 saturated carbocycles. The Hall–Kier alpha value is -0.370. The lowest BCUT2D eigenvalue weighted by atomic mass is 9.98. The molecular weight excluding hydrogens is 226 g/mol. The van der Waals surface area contributed by atoms with Gasteiger partial charge >= 0.3 is 0 Å². The highest BCUT2D eigenvalue weighted by Gasteiger charge is 2.15. The first-order chi connectivity index (χ1) is 6.15. The van der Waals surface area contributed by atoms with E-state index in [-0.39, 0.29) is 0 Å². The average Bonchev–Trinajstić information content (AvgIpc) is 2.04. The van der Waals surface area contributed by atoms with Gasteiger partial charge in [-0.1, -0.05) is 29.8 Å². The second kappa shape index (κ2) is 4.75. The van der Waals surface area contributed by atoms with Crippen molar-refractivity contribution in [1.82, 2.24) is 4.98 Å². The van der Waals surface area contributed by atoms with Gasteiger partial charge in [0.25, 0.3) is 0 Å². The SMILES string of the molecule is CCC(c1cc(C)ccn1)C(C)Br. The zero-order chi connectivity index (χ0) is 9.84. The van der Waals surface area contributed by atoms with E-state index >= 15 is 0 Å². The molecule has 0 aliphatic rings. The first-order valence-electron chi connectivity index (χ1n) is 4.71.